The number of hydrogen-bond donors (Lipinski definition) is 1. The van der Waals surface area contributed by atoms with E-state index in [1.165, 1.54) is 0 Å². The fourth-order valence-corrected chi connectivity index (χ4v) is 0.960. The number of aliphatic hydroxyl groups excluding tert-OH is 1. The van der Waals surface area contributed by atoms with Crippen LogP contribution in [-0.2, 0) is 0 Å². The van der Waals surface area contributed by atoms with E-state index in [4.69, 9.17) is 27.9 Å². The van der Waals surface area contributed by atoms with Gasteiger partial charge < -0.3 is 9.84 Å². The summed E-state index contributed by atoms with van der Waals surface area (Å²) in [7, 11) is 0. The van der Waals surface area contributed by atoms with Crippen molar-refractivity contribution in [3.63, 3.8) is 0 Å². The zero-order valence-electron chi connectivity index (χ0n) is 6.90. The summed E-state index contributed by atoms with van der Waals surface area (Å²) in [6.45, 7) is 0.0802. The van der Waals surface area contributed by atoms with E-state index in [0.717, 1.165) is 0 Å². The summed E-state index contributed by atoms with van der Waals surface area (Å²) in [5.41, 5.74) is 0. The highest BCUT2D eigenvalue weighted by Gasteiger charge is 2.00. The summed E-state index contributed by atoms with van der Waals surface area (Å²) in [5.74, 6) is 2.75. The summed E-state index contributed by atoms with van der Waals surface area (Å²) in [5, 5.41) is 9.58. The molecule has 1 N–H and O–H groups in total. The Morgan fingerprint density at radius 2 is 2.38 bits per heavy atom. The van der Waals surface area contributed by atoms with Gasteiger partial charge in [0.2, 0.25) is 0 Å². The minimum Gasteiger partial charge on any atom is -0.490 e. The first-order valence-corrected chi connectivity index (χ1v) is 4.12. The van der Waals surface area contributed by atoms with E-state index in [2.05, 4.69) is 5.92 Å². The van der Waals surface area contributed by atoms with Gasteiger partial charge in [0.1, 0.15) is 18.5 Å². The second-order valence-corrected chi connectivity index (χ2v) is 2.89. The van der Waals surface area contributed by atoms with Crippen molar-refractivity contribution in [2.75, 3.05) is 6.61 Å². The lowest BCUT2D eigenvalue weighted by Gasteiger charge is -2.07. The van der Waals surface area contributed by atoms with Crippen molar-refractivity contribution in [2.24, 2.45) is 0 Å². The molecule has 0 amide bonds. The van der Waals surface area contributed by atoms with Crippen LogP contribution in [0.5, 0.6) is 5.75 Å². The highest BCUT2D eigenvalue weighted by atomic mass is 35.5. The molecule has 0 heterocycles. The van der Waals surface area contributed by atoms with Gasteiger partial charge in [0.25, 0.3) is 0 Å². The van der Waals surface area contributed by atoms with E-state index in [0.29, 0.717) is 10.8 Å². The van der Waals surface area contributed by atoms with E-state index in [-0.39, 0.29) is 6.61 Å². The van der Waals surface area contributed by atoms with Gasteiger partial charge in [-0.05, 0) is 18.2 Å². The number of rotatable bonds is 3. The van der Waals surface area contributed by atoms with Gasteiger partial charge >= 0.3 is 0 Å². The van der Waals surface area contributed by atoms with Crippen LogP contribution in [0.25, 0.3) is 0 Å². The summed E-state index contributed by atoms with van der Waals surface area (Å²) < 4.78 is 5.16. The second-order valence-electron chi connectivity index (χ2n) is 2.45. The van der Waals surface area contributed by atoms with E-state index < -0.39 is 6.10 Å². The van der Waals surface area contributed by atoms with E-state index in [1.54, 1.807) is 24.3 Å². The molecule has 1 atom stereocenters. The molecule has 0 spiro atoms. The number of aliphatic hydroxyl groups is 1. The van der Waals surface area contributed by atoms with Crippen LogP contribution in [0.4, 0.5) is 0 Å². The molecular formula is C10H9ClO2. The van der Waals surface area contributed by atoms with Gasteiger partial charge in [-0.15, -0.1) is 6.42 Å². The SMILES string of the molecule is C#C[C@@H](O)COc1cccc(Cl)c1. The zero-order valence-corrected chi connectivity index (χ0v) is 7.66. The maximum absolute atomic E-state index is 8.99. The Morgan fingerprint density at radius 3 is 3.00 bits per heavy atom. The third-order valence-electron chi connectivity index (χ3n) is 1.40. The van der Waals surface area contributed by atoms with Crippen LogP contribution in [0.3, 0.4) is 0 Å². The molecule has 3 heteroatoms. The smallest absolute Gasteiger partial charge is 0.148 e. The molecule has 68 valence electrons. The van der Waals surface area contributed by atoms with Crippen LogP contribution in [0.2, 0.25) is 5.02 Å². The van der Waals surface area contributed by atoms with Crippen LogP contribution >= 0.6 is 11.6 Å². The van der Waals surface area contributed by atoms with Crippen molar-refractivity contribution < 1.29 is 9.84 Å². The van der Waals surface area contributed by atoms with E-state index in [1.807, 2.05) is 0 Å². The van der Waals surface area contributed by atoms with Gasteiger partial charge in [0.05, 0.1) is 0 Å². The molecule has 0 saturated heterocycles. The number of terminal acetylenes is 1. The van der Waals surface area contributed by atoms with E-state index >= 15 is 0 Å². The first-order valence-electron chi connectivity index (χ1n) is 3.75. The molecule has 0 bridgehead atoms. The quantitative estimate of drug-likeness (QED) is 0.746. The predicted molar refractivity (Wildman–Crippen MR) is 51.8 cm³/mol. The molecule has 0 radical (unpaired) electrons. The monoisotopic (exact) mass is 196 g/mol. The third kappa shape index (κ3) is 3.37. The molecule has 1 aromatic rings. The number of hydrogen-bond acceptors (Lipinski definition) is 2. The van der Waals surface area contributed by atoms with Crippen molar-refractivity contribution in [2.45, 2.75) is 6.10 Å². The molecule has 0 aliphatic rings. The Kier molecular flexibility index (Phi) is 3.63. The minimum absolute atomic E-state index is 0.0802. The predicted octanol–water partition coefficient (Wildman–Crippen LogP) is 1.71. The molecule has 1 rings (SSSR count). The highest BCUT2D eigenvalue weighted by molar-refractivity contribution is 6.30. The minimum atomic E-state index is -0.876. The second kappa shape index (κ2) is 4.76. The average molecular weight is 197 g/mol. The van der Waals surface area contributed by atoms with Crippen molar-refractivity contribution in [3.05, 3.63) is 29.3 Å². The number of benzene rings is 1. The first-order chi connectivity index (χ1) is 6.22. The summed E-state index contributed by atoms with van der Waals surface area (Å²) in [6, 6.07) is 6.91. The Bertz CT molecular complexity index is 317. The van der Waals surface area contributed by atoms with Crippen molar-refractivity contribution >= 4 is 11.6 Å². The molecule has 2 nitrogen and oxygen atoms in total. The van der Waals surface area contributed by atoms with Crippen LogP contribution in [0.1, 0.15) is 0 Å². The van der Waals surface area contributed by atoms with Gasteiger partial charge in [0.15, 0.2) is 0 Å². The molecule has 13 heavy (non-hydrogen) atoms. The van der Waals surface area contributed by atoms with Gasteiger partial charge in [-0.1, -0.05) is 23.6 Å². The Labute approximate surface area is 82.1 Å². The molecule has 0 unspecified atom stereocenters. The van der Waals surface area contributed by atoms with Gasteiger partial charge in [0, 0.05) is 5.02 Å². The fourth-order valence-electron chi connectivity index (χ4n) is 0.780. The first kappa shape index (κ1) is 9.91. The van der Waals surface area contributed by atoms with Crippen molar-refractivity contribution in [1.29, 1.82) is 0 Å². The topological polar surface area (TPSA) is 29.5 Å². The molecule has 1 aromatic carbocycles. The molecule has 0 aromatic heterocycles. The lowest BCUT2D eigenvalue weighted by molar-refractivity contribution is 0.151. The van der Waals surface area contributed by atoms with Gasteiger partial charge in [-0.2, -0.15) is 0 Å². The van der Waals surface area contributed by atoms with Gasteiger partial charge in [-0.25, -0.2) is 0 Å². The standard InChI is InChI=1S/C10H9ClO2/c1-2-9(12)7-13-10-5-3-4-8(11)6-10/h1,3-6,9,12H,7H2/t9-/m1/s1. The Balaban J connectivity index is 2.51. The van der Waals surface area contributed by atoms with Crippen LogP contribution in [0, 0.1) is 12.3 Å². The molecule has 0 fully saturated rings. The molecule has 0 aliphatic carbocycles. The van der Waals surface area contributed by atoms with Gasteiger partial charge in [-0.3, -0.25) is 0 Å². The number of ether oxygens (including phenoxy) is 1. The lowest BCUT2D eigenvalue weighted by atomic mass is 10.3. The summed E-state index contributed by atoms with van der Waals surface area (Å²) >= 11 is 5.71. The van der Waals surface area contributed by atoms with Crippen LogP contribution in [0.15, 0.2) is 24.3 Å². The maximum atomic E-state index is 8.99. The van der Waals surface area contributed by atoms with Crippen molar-refractivity contribution in [1.82, 2.24) is 0 Å². The van der Waals surface area contributed by atoms with Crippen LogP contribution in [-0.4, -0.2) is 17.8 Å². The molecular weight excluding hydrogens is 188 g/mol. The average Bonchev–Trinajstić information content (AvgIpc) is 2.14. The highest BCUT2D eigenvalue weighted by Crippen LogP contribution is 2.16. The normalized spacial score (nSPS) is 11.8. The Hall–Kier alpha value is -1.17. The van der Waals surface area contributed by atoms with Crippen molar-refractivity contribution in [3.8, 4) is 18.1 Å². The molecule has 0 saturated carbocycles. The third-order valence-corrected chi connectivity index (χ3v) is 1.63. The molecule has 0 aliphatic heterocycles. The number of halogens is 1. The lowest BCUT2D eigenvalue weighted by Crippen LogP contribution is -2.14. The largest absolute Gasteiger partial charge is 0.490 e. The summed E-state index contributed by atoms with van der Waals surface area (Å²) in [6.07, 6.45) is 4.08. The van der Waals surface area contributed by atoms with E-state index in [9.17, 15) is 0 Å². The van der Waals surface area contributed by atoms with Crippen LogP contribution < -0.4 is 4.74 Å². The fraction of sp³-hybridized carbons (Fsp3) is 0.200. The maximum Gasteiger partial charge on any atom is 0.148 e. The zero-order chi connectivity index (χ0) is 9.68. The summed E-state index contributed by atoms with van der Waals surface area (Å²) in [4.78, 5) is 0. The Morgan fingerprint density at radius 1 is 1.62 bits per heavy atom.